The Labute approximate surface area is 189 Å². The van der Waals surface area contributed by atoms with Gasteiger partial charge in [-0.1, -0.05) is 88.9 Å². The highest BCUT2D eigenvalue weighted by molar-refractivity contribution is 7.80. The molecule has 3 aromatic rings. The quantitative estimate of drug-likeness (QED) is 0.268. The van der Waals surface area contributed by atoms with Crippen molar-refractivity contribution in [1.82, 2.24) is 10.6 Å². The highest BCUT2D eigenvalue weighted by Gasteiger charge is 2.35. The number of carbonyl (C=O) groups is 1. The second-order valence-corrected chi connectivity index (χ2v) is 9.22. The van der Waals surface area contributed by atoms with Crippen molar-refractivity contribution >= 4 is 74.5 Å². The number of anilines is 1. The number of alkyl halides is 3. The fourth-order valence-electron chi connectivity index (χ4n) is 2.82. The molecule has 150 valence electrons. The van der Waals surface area contributed by atoms with E-state index in [1.807, 2.05) is 55.5 Å². The number of halogens is 3. The lowest BCUT2D eigenvalue weighted by molar-refractivity contribution is 0.0934. The van der Waals surface area contributed by atoms with Crippen LogP contribution < -0.4 is 16.0 Å². The number of fused-ring (bicyclic) bond motifs is 1. The van der Waals surface area contributed by atoms with E-state index in [4.69, 9.17) is 47.0 Å². The normalized spacial score (nSPS) is 12.3. The number of amides is 1. The van der Waals surface area contributed by atoms with Gasteiger partial charge >= 0.3 is 0 Å². The molecular formula is C21H18Cl3N3OS. The van der Waals surface area contributed by atoms with Crippen molar-refractivity contribution < 1.29 is 4.79 Å². The summed E-state index contributed by atoms with van der Waals surface area (Å²) in [6.45, 7) is 1.89. The van der Waals surface area contributed by atoms with Crippen molar-refractivity contribution in [1.29, 1.82) is 0 Å². The van der Waals surface area contributed by atoms with Gasteiger partial charge in [0.15, 0.2) is 5.11 Å². The van der Waals surface area contributed by atoms with Gasteiger partial charge in [0.05, 0.1) is 0 Å². The third-order valence-corrected chi connectivity index (χ3v) is 5.07. The van der Waals surface area contributed by atoms with Crippen LogP contribution in [0.3, 0.4) is 0 Å². The van der Waals surface area contributed by atoms with Gasteiger partial charge in [-0.3, -0.25) is 4.79 Å². The van der Waals surface area contributed by atoms with Crippen molar-refractivity contribution in [3.05, 3.63) is 77.9 Å². The summed E-state index contributed by atoms with van der Waals surface area (Å²) in [5, 5.41) is 10.9. The Balaban J connectivity index is 1.74. The minimum atomic E-state index is -1.83. The average molecular weight is 467 g/mol. The molecule has 0 aliphatic rings. The van der Waals surface area contributed by atoms with Gasteiger partial charge in [0.2, 0.25) is 3.79 Å². The van der Waals surface area contributed by atoms with E-state index in [1.165, 1.54) is 0 Å². The number of hydrogen-bond acceptors (Lipinski definition) is 2. The lowest BCUT2D eigenvalue weighted by Crippen LogP contribution is -2.56. The molecule has 1 atom stereocenters. The molecule has 0 spiro atoms. The molecule has 8 heteroatoms. The summed E-state index contributed by atoms with van der Waals surface area (Å²) in [4.78, 5) is 12.6. The molecule has 3 aromatic carbocycles. The second-order valence-electron chi connectivity index (χ2n) is 6.44. The predicted octanol–water partition coefficient (Wildman–Crippen LogP) is 5.56. The number of aryl methyl sites for hydroxylation is 1. The molecule has 0 saturated heterocycles. The molecule has 0 radical (unpaired) electrons. The molecule has 0 saturated carbocycles. The fourth-order valence-corrected chi connectivity index (χ4v) is 3.38. The number of hydrogen-bond donors (Lipinski definition) is 3. The van der Waals surface area contributed by atoms with Crippen molar-refractivity contribution in [2.24, 2.45) is 0 Å². The van der Waals surface area contributed by atoms with Gasteiger partial charge in [-0.25, -0.2) is 0 Å². The number of carbonyl (C=O) groups excluding carboxylic acids is 1. The van der Waals surface area contributed by atoms with E-state index in [-0.39, 0.29) is 11.0 Å². The van der Waals surface area contributed by atoms with Gasteiger partial charge in [0.1, 0.15) is 6.17 Å². The van der Waals surface area contributed by atoms with Gasteiger partial charge in [-0.05, 0) is 42.7 Å². The first-order chi connectivity index (χ1) is 13.7. The Morgan fingerprint density at radius 3 is 2.38 bits per heavy atom. The van der Waals surface area contributed by atoms with E-state index in [1.54, 1.807) is 18.2 Å². The van der Waals surface area contributed by atoms with Crippen LogP contribution in [0.1, 0.15) is 15.9 Å². The van der Waals surface area contributed by atoms with E-state index >= 15 is 0 Å². The van der Waals surface area contributed by atoms with E-state index < -0.39 is 9.96 Å². The van der Waals surface area contributed by atoms with Crippen LogP contribution in [-0.2, 0) is 0 Å². The standard InChI is InChI=1S/C21H18Cl3N3OS/c1-13-6-4-9-15(12-13)18(28)26-19(21(22,23)24)27-20(29)25-17-11-5-8-14-7-2-3-10-16(14)17/h2-12,19H,1H3,(H,26,28)(H2,25,27,29)/t19-/m0/s1. The van der Waals surface area contributed by atoms with Gasteiger partial charge in [-0.15, -0.1) is 0 Å². The molecule has 0 heterocycles. The Kier molecular flexibility index (Phi) is 6.85. The van der Waals surface area contributed by atoms with E-state index in [0.717, 1.165) is 22.0 Å². The second kappa shape index (κ2) is 9.18. The molecule has 29 heavy (non-hydrogen) atoms. The highest BCUT2D eigenvalue weighted by Crippen LogP contribution is 2.29. The summed E-state index contributed by atoms with van der Waals surface area (Å²) >= 11 is 23.6. The summed E-state index contributed by atoms with van der Waals surface area (Å²) in [5.41, 5.74) is 2.21. The molecule has 1 amide bonds. The average Bonchev–Trinajstić information content (AvgIpc) is 2.67. The minimum absolute atomic E-state index is 0.210. The van der Waals surface area contributed by atoms with Crippen molar-refractivity contribution in [2.45, 2.75) is 16.9 Å². The zero-order valence-corrected chi connectivity index (χ0v) is 18.5. The van der Waals surface area contributed by atoms with Gasteiger partial charge in [-0.2, -0.15) is 0 Å². The van der Waals surface area contributed by atoms with Crippen molar-refractivity contribution in [3.8, 4) is 0 Å². The van der Waals surface area contributed by atoms with E-state index in [0.29, 0.717) is 5.56 Å². The topological polar surface area (TPSA) is 53.2 Å². The summed E-state index contributed by atoms with van der Waals surface area (Å²) < 4.78 is -1.83. The molecule has 0 aliphatic carbocycles. The van der Waals surface area contributed by atoms with Crippen LogP contribution in [0, 0.1) is 6.92 Å². The van der Waals surface area contributed by atoms with Crippen LogP contribution in [0.2, 0.25) is 0 Å². The third kappa shape index (κ3) is 5.73. The maximum Gasteiger partial charge on any atom is 0.252 e. The van der Waals surface area contributed by atoms with Gasteiger partial charge < -0.3 is 16.0 Å². The Hall–Kier alpha value is -2.05. The van der Waals surface area contributed by atoms with Gasteiger partial charge in [0.25, 0.3) is 5.91 Å². The molecule has 0 bridgehead atoms. The molecule has 4 nitrogen and oxygen atoms in total. The smallest absolute Gasteiger partial charge is 0.252 e. The van der Waals surface area contributed by atoms with Crippen LogP contribution in [0.5, 0.6) is 0 Å². The summed E-state index contributed by atoms with van der Waals surface area (Å²) in [5.74, 6) is -0.384. The predicted molar refractivity (Wildman–Crippen MR) is 126 cm³/mol. The maximum atomic E-state index is 12.6. The summed E-state index contributed by atoms with van der Waals surface area (Å²) in [6.07, 6.45) is -1.05. The first-order valence-electron chi connectivity index (χ1n) is 8.73. The molecule has 0 aliphatic heterocycles. The van der Waals surface area contributed by atoms with Crippen molar-refractivity contribution in [3.63, 3.8) is 0 Å². The van der Waals surface area contributed by atoms with Crippen LogP contribution in [-0.4, -0.2) is 21.0 Å². The number of thiocarbonyl (C=S) groups is 1. The molecule has 3 rings (SSSR count). The van der Waals surface area contributed by atoms with Crippen LogP contribution in [0.4, 0.5) is 5.69 Å². The van der Waals surface area contributed by atoms with E-state index in [9.17, 15) is 4.79 Å². The Morgan fingerprint density at radius 2 is 1.66 bits per heavy atom. The Morgan fingerprint density at radius 1 is 0.966 bits per heavy atom. The maximum absolute atomic E-state index is 12.6. The first kappa shape index (κ1) is 21.7. The van der Waals surface area contributed by atoms with Crippen LogP contribution in [0.25, 0.3) is 10.8 Å². The molecule has 0 aromatic heterocycles. The lowest BCUT2D eigenvalue weighted by atomic mass is 10.1. The number of benzene rings is 3. The van der Waals surface area contributed by atoms with E-state index in [2.05, 4.69) is 16.0 Å². The number of nitrogens with one attached hydrogen (secondary N) is 3. The summed E-state index contributed by atoms with van der Waals surface area (Å²) in [6, 6.07) is 20.8. The monoisotopic (exact) mass is 465 g/mol. The van der Waals surface area contributed by atoms with Crippen LogP contribution in [0.15, 0.2) is 66.7 Å². The molecular weight excluding hydrogens is 449 g/mol. The van der Waals surface area contributed by atoms with Crippen LogP contribution >= 0.6 is 47.0 Å². The number of rotatable bonds is 4. The highest BCUT2D eigenvalue weighted by atomic mass is 35.6. The summed E-state index contributed by atoms with van der Waals surface area (Å²) in [7, 11) is 0. The fraction of sp³-hybridized carbons (Fsp3) is 0.143. The largest absolute Gasteiger partial charge is 0.339 e. The van der Waals surface area contributed by atoms with Gasteiger partial charge in [0, 0.05) is 16.6 Å². The lowest BCUT2D eigenvalue weighted by Gasteiger charge is -2.28. The molecule has 0 fully saturated rings. The zero-order chi connectivity index (χ0) is 21.0. The third-order valence-electron chi connectivity index (χ3n) is 4.20. The minimum Gasteiger partial charge on any atom is -0.339 e. The zero-order valence-electron chi connectivity index (χ0n) is 15.4. The Bertz CT molecular complexity index is 1050. The molecule has 0 unspecified atom stereocenters. The van der Waals surface area contributed by atoms with Crippen molar-refractivity contribution in [2.75, 3.05) is 5.32 Å². The first-order valence-corrected chi connectivity index (χ1v) is 10.3. The SMILES string of the molecule is Cc1cccc(C(=O)N[C@@H](NC(=S)Nc2cccc3ccccc23)C(Cl)(Cl)Cl)c1. The molecule has 3 N–H and O–H groups in total.